The summed E-state index contributed by atoms with van der Waals surface area (Å²) in [5.41, 5.74) is 3.55. The molecule has 128 valence electrons. The second-order valence-corrected chi connectivity index (χ2v) is 6.57. The molecule has 5 heteroatoms. The van der Waals surface area contributed by atoms with E-state index < -0.39 is 0 Å². The summed E-state index contributed by atoms with van der Waals surface area (Å²) >= 11 is 0. The van der Waals surface area contributed by atoms with Crippen LogP contribution in [0.5, 0.6) is 0 Å². The van der Waals surface area contributed by atoms with Gasteiger partial charge in [0.05, 0.1) is 0 Å². The lowest BCUT2D eigenvalue weighted by molar-refractivity contribution is 0.248. The van der Waals surface area contributed by atoms with E-state index in [0.717, 1.165) is 40.7 Å². The molecule has 1 fully saturated rings. The number of amides is 2. The van der Waals surface area contributed by atoms with Gasteiger partial charge < -0.3 is 15.6 Å². The number of hydrogen-bond acceptors (Lipinski definition) is 1. The van der Waals surface area contributed by atoms with Gasteiger partial charge in [0.25, 0.3) is 0 Å². The van der Waals surface area contributed by atoms with Crippen molar-refractivity contribution < 1.29 is 9.18 Å². The predicted octanol–water partition coefficient (Wildman–Crippen LogP) is 5.04. The third-order valence-electron chi connectivity index (χ3n) is 4.73. The molecule has 0 atom stereocenters. The van der Waals surface area contributed by atoms with Gasteiger partial charge in [0.1, 0.15) is 5.82 Å². The summed E-state index contributed by atoms with van der Waals surface area (Å²) in [5.74, 6) is -0.245. The van der Waals surface area contributed by atoms with Crippen LogP contribution in [0.4, 0.5) is 14.9 Å². The monoisotopic (exact) mass is 337 g/mol. The summed E-state index contributed by atoms with van der Waals surface area (Å²) in [6.07, 6.45) is 4.50. The number of aromatic nitrogens is 1. The van der Waals surface area contributed by atoms with E-state index in [-0.39, 0.29) is 11.8 Å². The van der Waals surface area contributed by atoms with Crippen LogP contribution in [0.3, 0.4) is 0 Å². The number of aromatic amines is 1. The Morgan fingerprint density at radius 1 is 1.04 bits per heavy atom. The normalized spacial score (nSPS) is 14.8. The van der Waals surface area contributed by atoms with Gasteiger partial charge in [-0.3, -0.25) is 0 Å². The molecular formula is C20H20FN3O. The Hall–Kier alpha value is -2.82. The molecule has 0 aliphatic heterocycles. The molecule has 1 aliphatic rings. The van der Waals surface area contributed by atoms with Crippen LogP contribution in [-0.4, -0.2) is 17.1 Å². The van der Waals surface area contributed by atoms with E-state index in [9.17, 15) is 9.18 Å². The van der Waals surface area contributed by atoms with E-state index in [1.807, 2.05) is 30.3 Å². The number of carbonyl (C=O) groups excluding carboxylic acids is 1. The van der Waals surface area contributed by atoms with Crippen LogP contribution in [-0.2, 0) is 0 Å². The van der Waals surface area contributed by atoms with Gasteiger partial charge in [-0.15, -0.1) is 0 Å². The minimum Gasteiger partial charge on any atom is -0.355 e. The number of hydrogen-bond donors (Lipinski definition) is 3. The number of urea groups is 1. The van der Waals surface area contributed by atoms with E-state index in [2.05, 4.69) is 15.6 Å². The first-order valence-electron chi connectivity index (χ1n) is 8.64. The summed E-state index contributed by atoms with van der Waals surface area (Å²) < 4.78 is 13.3. The molecule has 2 aromatic carbocycles. The first-order chi connectivity index (χ1) is 12.2. The van der Waals surface area contributed by atoms with Crippen molar-refractivity contribution >= 4 is 22.6 Å². The average molecular weight is 337 g/mol. The Morgan fingerprint density at radius 2 is 1.80 bits per heavy atom. The van der Waals surface area contributed by atoms with Crippen LogP contribution in [0.1, 0.15) is 25.7 Å². The molecule has 2 amide bonds. The Kier molecular flexibility index (Phi) is 4.14. The highest BCUT2D eigenvalue weighted by Gasteiger charge is 2.16. The largest absolute Gasteiger partial charge is 0.355 e. The lowest BCUT2D eigenvalue weighted by Crippen LogP contribution is -2.36. The van der Waals surface area contributed by atoms with Crippen molar-refractivity contribution in [3.63, 3.8) is 0 Å². The van der Waals surface area contributed by atoms with Gasteiger partial charge in [0.2, 0.25) is 0 Å². The fraction of sp³-hybridized carbons (Fsp3) is 0.250. The Balaban J connectivity index is 1.46. The maximum Gasteiger partial charge on any atom is 0.319 e. The highest BCUT2D eigenvalue weighted by atomic mass is 19.1. The quantitative estimate of drug-likeness (QED) is 0.616. The zero-order valence-electron chi connectivity index (χ0n) is 13.8. The minimum absolute atomic E-state index is 0.152. The van der Waals surface area contributed by atoms with Crippen molar-refractivity contribution in [3.8, 4) is 11.3 Å². The van der Waals surface area contributed by atoms with E-state index in [0.29, 0.717) is 6.04 Å². The SMILES string of the molecule is O=C(Nc1ccc(-c2cc3cc(F)ccc3[nH]2)cc1)NC1CCCC1. The van der Waals surface area contributed by atoms with E-state index in [1.165, 1.54) is 25.0 Å². The first kappa shape index (κ1) is 15.7. The summed E-state index contributed by atoms with van der Waals surface area (Å²) in [6, 6.07) is 14.4. The molecule has 0 saturated heterocycles. The number of halogens is 1. The zero-order chi connectivity index (χ0) is 17.2. The van der Waals surface area contributed by atoms with Crippen LogP contribution in [0.25, 0.3) is 22.2 Å². The summed E-state index contributed by atoms with van der Waals surface area (Å²) in [7, 11) is 0. The molecule has 1 saturated carbocycles. The van der Waals surface area contributed by atoms with Gasteiger partial charge in [-0.2, -0.15) is 0 Å². The third-order valence-corrected chi connectivity index (χ3v) is 4.73. The number of anilines is 1. The number of rotatable bonds is 3. The molecule has 1 heterocycles. The Labute approximate surface area is 145 Å². The molecule has 0 bridgehead atoms. The van der Waals surface area contributed by atoms with Crippen molar-refractivity contribution in [1.82, 2.24) is 10.3 Å². The van der Waals surface area contributed by atoms with E-state index in [4.69, 9.17) is 0 Å². The molecule has 0 radical (unpaired) electrons. The Bertz CT molecular complexity index is 895. The second kappa shape index (κ2) is 6.59. The highest BCUT2D eigenvalue weighted by Crippen LogP contribution is 2.26. The average Bonchev–Trinajstić information content (AvgIpc) is 3.24. The van der Waals surface area contributed by atoms with Crippen LogP contribution >= 0.6 is 0 Å². The number of fused-ring (bicyclic) bond motifs is 1. The highest BCUT2D eigenvalue weighted by molar-refractivity contribution is 5.90. The second-order valence-electron chi connectivity index (χ2n) is 6.57. The van der Waals surface area contributed by atoms with Crippen LogP contribution < -0.4 is 10.6 Å². The smallest absolute Gasteiger partial charge is 0.319 e. The molecule has 1 aliphatic carbocycles. The van der Waals surface area contributed by atoms with Crippen molar-refractivity contribution in [2.45, 2.75) is 31.7 Å². The fourth-order valence-electron chi connectivity index (χ4n) is 3.41. The molecular weight excluding hydrogens is 317 g/mol. The van der Waals surface area contributed by atoms with Gasteiger partial charge in [-0.25, -0.2) is 9.18 Å². The maximum atomic E-state index is 13.3. The summed E-state index contributed by atoms with van der Waals surface area (Å²) in [4.78, 5) is 15.3. The first-order valence-corrected chi connectivity index (χ1v) is 8.64. The molecule has 0 spiro atoms. The van der Waals surface area contributed by atoms with Gasteiger partial charge in [0.15, 0.2) is 0 Å². The van der Waals surface area contributed by atoms with Crippen LogP contribution in [0.15, 0.2) is 48.5 Å². The number of H-pyrrole nitrogens is 1. The molecule has 3 aromatic rings. The van der Waals surface area contributed by atoms with Gasteiger partial charge in [-0.05, 0) is 54.8 Å². The molecule has 25 heavy (non-hydrogen) atoms. The lowest BCUT2D eigenvalue weighted by Gasteiger charge is -2.13. The Morgan fingerprint density at radius 3 is 2.56 bits per heavy atom. The maximum absolute atomic E-state index is 13.3. The number of nitrogens with one attached hydrogen (secondary N) is 3. The van der Waals surface area contributed by atoms with Crippen LogP contribution in [0, 0.1) is 5.82 Å². The molecule has 3 N–H and O–H groups in total. The summed E-state index contributed by atoms with van der Waals surface area (Å²) in [6.45, 7) is 0. The van der Waals surface area contributed by atoms with Crippen molar-refractivity contribution in [2.24, 2.45) is 0 Å². The van der Waals surface area contributed by atoms with Crippen LogP contribution in [0.2, 0.25) is 0 Å². The van der Waals surface area contributed by atoms with Gasteiger partial charge in [0, 0.05) is 28.3 Å². The molecule has 0 unspecified atom stereocenters. The van der Waals surface area contributed by atoms with E-state index in [1.54, 1.807) is 6.07 Å². The lowest BCUT2D eigenvalue weighted by atomic mass is 10.1. The standard InChI is InChI=1S/C20H20FN3O/c21-15-7-10-18-14(11-15)12-19(24-18)13-5-8-17(9-6-13)23-20(25)22-16-3-1-2-4-16/h5-12,16,24H,1-4H2,(H2,22,23,25). The van der Waals surface area contributed by atoms with Gasteiger partial charge >= 0.3 is 6.03 Å². The van der Waals surface area contributed by atoms with Crippen molar-refractivity contribution in [1.29, 1.82) is 0 Å². The molecule has 1 aromatic heterocycles. The summed E-state index contributed by atoms with van der Waals surface area (Å²) in [5, 5.41) is 6.72. The van der Waals surface area contributed by atoms with Crippen molar-refractivity contribution in [3.05, 3.63) is 54.3 Å². The number of benzene rings is 2. The van der Waals surface area contributed by atoms with Crippen molar-refractivity contribution in [2.75, 3.05) is 5.32 Å². The predicted molar refractivity (Wildman–Crippen MR) is 98.1 cm³/mol. The fourth-order valence-corrected chi connectivity index (χ4v) is 3.41. The minimum atomic E-state index is -0.245. The molecule has 4 rings (SSSR count). The van der Waals surface area contributed by atoms with Gasteiger partial charge in [-0.1, -0.05) is 25.0 Å². The third kappa shape index (κ3) is 3.50. The number of carbonyl (C=O) groups is 1. The molecule has 4 nitrogen and oxygen atoms in total. The topological polar surface area (TPSA) is 56.9 Å². The van der Waals surface area contributed by atoms with E-state index >= 15 is 0 Å². The zero-order valence-corrected chi connectivity index (χ0v) is 13.8.